The third kappa shape index (κ3) is 39.7. The van der Waals surface area contributed by atoms with Gasteiger partial charge in [-0.3, -0.25) is 14.2 Å². The van der Waals surface area contributed by atoms with Gasteiger partial charge in [0, 0.05) is 12.8 Å². The molecular weight excluding hydrogens is 701 g/mol. The number of phosphoric ester groups is 1. The van der Waals surface area contributed by atoms with E-state index in [0.717, 1.165) is 77.0 Å². The molecule has 0 spiro atoms. The van der Waals surface area contributed by atoms with Crippen molar-refractivity contribution in [3.05, 3.63) is 48.6 Å². The fourth-order valence-corrected chi connectivity index (χ4v) is 6.15. The molecule has 0 aromatic heterocycles. The third-order valence-electron chi connectivity index (χ3n) is 8.82. The Morgan fingerprint density at radius 1 is 0.574 bits per heavy atom. The van der Waals surface area contributed by atoms with Gasteiger partial charge in [0.2, 0.25) is 0 Å². The second-order valence-electron chi connectivity index (χ2n) is 15.3. The number of allylic oxidation sites excluding steroid dienone is 8. The molecule has 54 heavy (non-hydrogen) atoms. The monoisotopic (exact) mass is 782 g/mol. The topological polar surface area (TPSA) is 111 Å². The highest BCUT2D eigenvalue weighted by Crippen LogP contribution is 2.38. The normalized spacial score (nSPS) is 14.1. The molecule has 0 N–H and O–H groups in total. The van der Waals surface area contributed by atoms with Gasteiger partial charge in [0.05, 0.1) is 27.7 Å². The van der Waals surface area contributed by atoms with Crippen molar-refractivity contribution in [2.75, 3.05) is 47.5 Å². The number of hydrogen-bond donors (Lipinski definition) is 0. The zero-order valence-corrected chi connectivity index (χ0v) is 36.0. The Bertz CT molecular complexity index is 1070. The summed E-state index contributed by atoms with van der Waals surface area (Å²) in [5, 5.41) is 0. The maximum absolute atomic E-state index is 12.6. The lowest BCUT2D eigenvalue weighted by Crippen LogP contribution is -2.37. The number of ether oxygens (including phenoxy) is 2. The molecule has 0 aromatic rings. The first kappa shape index (κ1) is 52.0. The zero-order chi connectivity index (χ0) is 40.0. The summed E-state index contributed by atoms with van der Waals surface area (Å²) in [6, 6.07) is 0. The number of likely N-dealkylation sites (N-methyl/N-ethyl adjacent to an activating group) is 1. The Morgan fingerprint density at radius 3 is 1.46 bits per heavy atom. The van der Waals surface area contributed by atoms with Gasteiger partial charge in [-0.05, 0) is 77.0 Å². The van der Waals surface area contributed by atoms with Crippen molar-refractivity contribution >= 4 is 19.8 Å². The smallest absolute Gasteiger partial charge is 0.306 e. The number of quaternary nitrogens is 1. The van der Waals surface area contributed by atoms with E-state index in [1.807, 2.05) is 21.1 Å². The van der Waals surface area contributed by atoms with E-state index in [1.165, 1.54) is 51.4 Å². The Labute approximate surface area is 331 Å². The molecule has 2 atom stereocenters. The maximum atomic E-state index is 12.6. The van der Waals surface area contributed by atoms with Crippen molar-refractivity contribution in [1.29, 1.82) is 0 Å². The van der Waals surface area contributed by atoms with Crippen LogP contribution in [0.5, 0.6) is 0 Å². The number of rotatable bonds is 38. The molecular formula is C44H80NO8P. The molecule has 0 saturated carbocycles. The molecule has 0 saturated heterocycles. The predicted octanol–water partition coefficient (Wildman–Crippen LogP) is 11.3. The van der Waals surface area contributed by atoms with Crippen molar-refractivity contribution in [3.63, 3.8) is 0 Å². The second kappa shape index (κ2) is 36.6. The van der Waals surface area contributed by atoms with Crippen LogP contribution in [-0.4, -0.2) is 70.0 Å². The Balaban J connectivity index is 4.44. The molecule has 9 nitrogen and oxygen atoms in total. The number of nitrogens with zero attached hydrogens (tertiary/aromatic N) is 1. The zero-order valence-electron chi connectivity index (χ0n) is 35.2. The maximum Gasteiger partial charge on any atom is 0.306 e. The molecule has 0 heterocycles. The molecule has 0 amide bonds. The highest BCUT2D eigenvalue weighted by Gasteiger charge is 2.21. The van der Waals surface area contributed by atoms with Crippen molar-refractivity contribution < 1.29 is 42.1 Å². The van der Waals surface area contributed by atoms with E-state index in [1.54, 1.807) is 0 Å². The summed E-state index contributed by atoms with van der Waals surface area (Å²) in [5.41, 5.74) is 0. The first-order chi connectivity index (χ1) is 26.0. The van der Waals surface area contributed by atoms with Crippen LogP contribution in [-0.2, 0) is 32.7 Å². The van der Waals surface area contributed by atoms with Gasteiger partial charge < -0.3 is 27.9 Å². The van der Waals surface area contributed by atoms with E-state index in [2.05, 4.69) is 62.5 Å². The molecule has 10 heteroatoms. The lowest BCUT2D eigenvalue weighted by molar-refractivity contribution is -0.870. The number of carbonyl (C=O) groups is 2. The van der Waals surface area contributed by atoms with Gasteiger partial charge in [0.1, 0.15) is 19.8 Å². The fraction of sp³-hybridized carbons (Fsp3) is 0.773. The van der Waals surface area contributed by atoms with Crippen LogP contribution in [0.2, 0.25) is 0 Å². The van der Waals surface area contributed by atoms with E-state index in [-0.39, 0.29) is 26.1 Å². The summed E-state index contributed by atoms with van der Waals surface area (Å²) in [7, 11) is 1.14. The molecule has 0 rings (SSSR count). The van der Waals surface area contributed by atoms with Crippen LogP contribution in [0.15, 0.2) is 48.6 Å². The fourth-order valence-electron chi connectivity index (χ4n) is 5.42. The summed E-state index contributed by atoms with van der Waals surface area (Å²) in [4.78, 5) is 37.5. The predicted molar refractivity (Wildman–Crippen MR) is 222 cm³/mol. The molecule has 0 aliphatic heterocycles. The van der Waals surface area contributed by atoms with E-state index < -0.39 is 32.5 Å². The Morgan fingerprint density at radius 2 is 1.00 bits per heavy atom. The Hall–Kier alpha value is -2.03. The molecule has 1 unspecified atom stereocenters. The summed E-state index contributed by atoms with van der Waals surface area (Å²) in [5.74, 6) is -0.870. The minimum Gasteiger partial charge on any atom is -0.756 e. The van der Waals surface area contributed by atoms with Gasteiger partial charge in [-0.15, -0.1) is 0 Å². The summed E-state index contributed by atoms with van der Waals surface area (Å²) in [6.07, 6.45) is 41.3. The molecule has 0 aliphatic carbocycles. The number of esters is 2. The highest BCUT2D eigenvalue weighted by atomic mass is 31.2. The van der Waals surface area contributed by atoms with Crippen LogP contribution < -0.4 is 4.89 Å². The molecule has 0 radical (unpaired) electrons. The lowest BCUT2D eigenvalue weighted by atomic mass is 10.1. The average molecular weight is 782 g/mol. The van der Waals surface area contributed by atoms with Gasteiger partial charge >= 0.3 is 11.9 Å². The second-order valence-corrected chi connectivity index (χ2v) is 16.8. The quantitative estimate of drug-likeness (QED) is 0.0200. The number of phosphoric acid groups is 1. The molecule has 314 valence electrons. The van der Waals surface area contributed by atoms with E-state index >= 15 is 0 Å². The van der Waals surface area contributed by atoms with Crippen LogP contribution in [0.3, 0.4) is 0 Å². The van der Waals surface area contributed by atoms with Crippen LogP contribution in [0, 0.1) is 0 Å². The number of unbranched alkanes of at least 4 members (excludes halogenated alkanes) is 16. The van der Waals surface area contributed by atoms with Gasteiger partial charge in [-0.25, -0.2) is 0 Å². The van der Waals surface area contributed by atoms with Crippen molar-refractivity contribution in [2.45, 2.75) is 174 Å². The van der Waals surface area contributed by atoms with E-state index in [4.69, 9.17) is 18.5 Å². The molecule has 0 aliphatic rings. The third-order valence-corrected chi connectivity index (χ3v) is 9.79. The minimum atomic E-state index is -4.63. The van der Waals surface area contributed by atoms with Crippen LogP contribution in [0.1, 0.15) is 168 Å². The largest absolute Gasteiger partial charge is 0.756 e. The Kier molecular flexibility index (Phi) is 35.2. The lowest BCUT2D eigenvalue weighted by Gasteiger charge is -2.28. The number of hydrogen-bond acceptors (Lipinski definition) is 8. The van der Waals surface area contributed by atoms with Crippen molar-refractivity contribution in [3.8, 4) is 0 Å². The SMILES string of the molecule is CCCCC/C=C\C/C=C\CCCCCCCC(=O)OC[C@H](COP(=O)([O-])OCC[N+](C)(C)C)OC(=O)CCCCCCC/C=C\C/C=C\CCCCC. The average Bonchev–Trinajstić information content (AvgIpc) is 3.12. The standard InChI is InChI=1S/C44H80NO8P/c1-6-8-10-12-14-16-18-20-22-24-26-28-30-32-34-36-43(46)50-40-42(41-52-54(48,49)51-39-38-45(3,4)5)53-44(47)37-35-33-31-29-27-25-23-21-19-17-15-13-11-9-7-2/h14-17,20-23,42H,6-13,18-19,24-41H2,1-5H3/b16-14-,17-15-,22-20-,23-21-/t42-/m1/s1. The first-order valence-electron chi connectivity index (χ1n) is 21.3. The van der Waals surface area contributed by atoms with E-state index in [0.29, 0.717) is 23.9 Å². The van der Waals surface area contributed by atoms with Crippen LogP contribution in [0.25, 0.3) is 0 Å². The molecule has 0 aromatic carbocycles. The van der Waals surface area contributed by atoms with Gasteiger partial charge in [0.25, 0.3) is 7.82 Å². The summed E-state index contributed by atoms with van der Waals surface area (Å²) >= 11 is 0. The highest BCUT2D eigenvalue weighted by molar-refractivity contribution is 7.45. The molecule has 0 fully saturated rings. The molecule has 0 bridgehead atoms. The van der Waals surface area contributed by atoms with Crippen molar-refractivity contribution in [1.82, 2.24) is 0 Å². The first-order valence-corrected chi connectivity index (χ1v) is 22.8. The van der Waals surface area contributed by atoms with Crippen molar-refractivity contribution in [2.24, 2.45) is 0 Å². The summed E-state index contributed by atoms with van der Waals surface area (Å²) in [6.45, 7) is 4.13. The van der Waals surface area contributed by atoms with Crippen LogP contribution >= 0.6 is 7.82 Å². The minimum absolute atomic E-state index is 0.0376. The number of carbonyl (C=O) groups excluding carboxylic acids is 2. The van der Waals surface area contributed by atoms with Crippen LogP contribution in [0.4, 0.5) is 0 Å². The summed E-state index contributed by atoms with van der Waals surface area (Å²) < 4.78 is 33.8. The van der Waals surface area contributed by atoms with Gasteiger partial charge in [-0.2, -0.15) is 0 Å². The van der Waals surface area contributed by atoms with Gasteiger partial charge in [-0.1, -0.05) is 127 Å². The van der Waals surface area contributed by atoms with E-state index in [9.17, 15) is 19.0 Å². The van der Waals surface area contributed by atoms with Gasteiger partial charge in [0.15, 0.2) is 6.10 Å².